The first-order valence-electron chi connectivity index (χ1n) is 17.9. The van der Waals surface area contributed by atoms with E-state index in [4.69, 9.17) is 46.9 Å². The Morgan fingerprint density at radius 1 is 0.863 bits per heavy atom. The minimum absolute atomic E-state index is 0. The molecule has 0 spiro atoms. The van der Waals surface area contributed by atoms with Crippen molar-refractivity contribution in [2.75, 3.05) is 39.8 Å². The number of carbonyl (C=O) groups is 2. The Bertz CT molecular complexity index is 1540. The Morgan fingerprint density at radius 2 is 1.47 bits per heavy atom. The van der Waals surface area contributed by atoms with E-state index in [-0.39, 0.29) is 64.1 Å². The Balaban J connectivity index is 0.000000224. The smallest absolute Gasteiger partial charge is 0.311 e. The Morgan fingerprint density at radius 3 is 2.18 bits per heavy atom. The number of esters is 1. The first kappa shape index (κ1) is 41.0. The second kappa shape index (κ2) is 17.4. The highest BCUT2D eigenvalue weighted by Gasteiger charge is 2.44. The standard InChI is InChI=1S/C21H30ClNO4.C17H20ClNO3.2CH4/c1-5-8-23-9-6-7-15(20(24)27-21(2,3)4)17(23)10-14-11-18-19(12-16(14)22)26-13-25-18;1-2-5-19-6-3-4-10-13(19)7-11-12(18)8-14-17(22-9-21-14)15(11)16(10)20;;/h11-12,15,17H,5-10,13H2,1-4H3;8,10,13H,2-7,9H2,1H3;2*1H4/t15-,17-;10-,13+;;/m10../s1. The Hall–Kier alpha value is -2.72. The van der Waals surface area contributed by atoms with Gasteiger partial charge in [0.25, 0.3) is 0 Å². The van der Waals surface area contributed by atoms with E-state index in [1.165, 1.54) is 0 Å². The summed E-state index contributed by atoms with van der Waals surface area (Å²) in [5.41, 5.74) is 2.13. The van der Waals surface area contributed by atoms with Crippen molar-refractivity contribution in [2.24, 2.45) is 11.8 Å². The van der Waals surface area contributed by atoms with Gasteiger partial charge in [0.15, 0.2) is 28.8 Å². The van der Waals surface area contributed by atoms with E-state index >= 15 is 0 Å². The number of halogens is 2. The normalized spacial score (nSPS) is 23.5. The first-order valence-corrected chi connectivity index (χ1v) is 18.7. The van der Waals surface area contributed by atoms with Gasteiger partial charge in [-0.1, -0.05) is 51.9 Å². The fourth-order valence-corrected chi connectivity index (χ4v) is 8.63. The maximum absolute atomic E-state index is 13.1. The molecule has 5 aliphatic rings. The molecule has 2 aromatic rings. The molecule has 0 unspecified atom stereocenters. The van der Waals surface area contributed by atoms with Crippen molar-refractivity contribution < 1.29 is 33.3 Å². The highest BCUT2D eigenvalue weighted by molar-refractivity contribution is 6.32. The molecule has 4 heterocycles. The molecule has 0 aromatic heterocycles. The lowest BCUT2D eigenvalue weighted by atomic mass is 9.74. The monoisotopic (exact) mass is 748 g/mol. The third kappa shape index (κ3) is 8.91. The van der Waals surface area contributed by atoms with E-state index in [9.17, 15) is 9.59 Å². The largest absolute Gasteiger partial charge is 0.460 e. The summed E-state index contributed by atoms with van der Waals surface area (Å²) in [6.07, 6.45) is 7.59. The summed E-state index contributed by atoms with van der Waals surface area (Å²) < 4.78 is 27.6. The second-order valence-electron chi connectivity index (χ2n) is 14.8. The second-order valence-corrected chi connectivity index (χ2v) is 15.6. The van der Waals surface area contributed by atoms with E-state index in [0.717, 1.165) is 88.0 Å². The van der Waals surface area contributed by atoms with Gasteiger partial charge in [0.05, 0.1) is 11.5 Å². The number of ketones is 1. The maximum Gasteiger partial charge on any atom is 0.311 e. The highest BCUT2D eigenvalue weighted by Crippen LogP contribution is 2.47. The summed E-state index contributed by atoms with van der Waals surface area (Å²) in [6.45, 7) is 14.6. The molecule has 11 heteroatoms. The summed E-state index contributed by atoms with van der Waals surface area (Å²) in [7, 11) is 0. The van der Waals surface area contributed by atoms with Gasteiger partial charge in [-0.25, -0.2) is 0 Å². The van der Waals surface area contributed by atoms with Crippen LogP contribution in [-0.4, -0.2) is 79.0 Å². The number of ether oxygens (including phenoxy) is 5. The summed E-state index contributed by atoms with van der Waals surface area (Å²) in [5.74, 6) is 2.63. The zero-order chi connectivity index (χ0) is 34.9. The van der Waals surface area contributed by atoms with E-state index < -0.39 is 5.60 Å². The minimum Gasteiger partial charge on any atom is -0.460 e. The van der Waals surface area contributed by atoms with Crippen LogP contribution in [0.15, 0.2) is 18.2 Å². The van der Waals surface area contributed by atoms with Crippen molar-refractivity contribution in [1.29, 1.82) is 0 Å². The lowest BCUT2D eigenvalue weighted by Crippen LogP contribution is -2.51. The summed E-state index contributed by atoms with van der Waals surface area (Å²) >= 11 is 13.0. The van der Waals surface area contributed by atoms with Crippen LogP contribution in [0.2, 0.25) is 10.0 Å². The summed E-state index contributed by atoms with van der Waals surface area (Å²) in [5, 5.41) is 1.29. The molecule has 51 heavy (non-hydrogen) atoms. The summed E-state index contributed by atoms with van der Waals surface area (Å²) in [4.78, 5) is 30.9. The van der Waals surface area contributed by atoms with Crippen molar-refractivity contribution in [3.8, 4) is 23.0 Å². The maximum atomic E-state index is 13.1. The number of rotatable bonds is 7. The molecule has 0 bridgehead atoms. The molecule has 1 aliphatic carbocycles. The average Bonchev–Trinajstić information content (AvgIpc) is 3.71. The molecule has 7 rings (SSSR count). The molecule has 0 amide bonds. The molecule has 0 saturated carbocycles. The van der Waals surface area contributed by atoms with Gasteiger partial charge in [-0.2, -0.15) is 0 Å². The number of hydrogen-bond donors (Lipinski definition) is 0. The van der Waals surface area contributed by atoms with Gasteiger partial charge < -0.3 is 23.7 Å². The number of fused-ring (bicyclic) bond motifs is 5. The zero-order valence-corrected chi connectivity index (χ0v) is 31.0. The molecule has 4 atom stereocenters. The number of piperidine rings is 2. The number of likely N-dealkylation sites (tertiary alicyclic amines) is 2. The van der Waals surface area contributed by atoms with Crippen molar-refractivity contribution in [2.45, 2.75) is 119 Å². The topological polar surface area (TPSA) is 86.8 Å². The van der Waals surface area contributed by atoms with Gasteiger partial charge in [0, 0.05) is 40.2 Å². The third-order valence-electron chi connectivity index (χ3n) is 10.2. The van der Waals surface area contributed by atoms with E-state index in [0.29, 0.717) is 39.3 Å². The lowest BCUT2D eigenvalue weighted by molar-refractivity contribution is -0.164. The molecule has 0 radical (unpaired) electrons. The lowest BCUT2D eigenvalue weighted by Gasteiger charge is -2.43. The van der Waals surface area contributed by atoms with Crippen molar-refractivity contribution in [1.82, 2.24) is 9.80 Å². The van der Waals surface area contributed by atoms with Crippen LogP contribution in [0.1, 0.15) is 109 Å². The van der Waals surface area contributed by atoms with Crippen molar-refractivity contribution >= 4 is 35.0 Å². The summed E-state index contributed by atoms with van der Waals surface area (Å²) in [6, 6.07) is 5.92. The molecular weight excluding hydrogens is 691 g/mol. The van der Waals surface area contributed by atoms with Crippen LogP contribution in [0.25, 0.3) is 0 Å². The van der Waals surface area contributed by atoms with Gasteiger partial charge in [-0.3, -0.25) is 19.4 Å². The Kier molecular flexibility index (Phi) is 14.0. The van der Waals surface area contributed by atoms with Gasteiger partial charge in [-0.15, -0.1) is 0 Å². The van der Waals surface area contributed by atoms with Crippen molar-refractivity contribution in [3.05, 3.63) is 44.9 Å². The van der Waals surface area contributed by atoms with Crippen LogP contribution >= 0.6 is 23.2 Å². The van der Waals surface area contributed by atoms with Crippen molar-refractivity contribution in [3.63, 3.8) is 0 Å². The number of benzene rings is 2. The number of carbonyl (C=O) groups excluding carboxylic acids is 2. The quantitative estimate of drug-likeness (QED) is 0.258. The fraction of sp³-hybridized carbons (Fsp3) is 0.650. The van der Waals surface area contributed by atoms with E-state index in [1.807, 2.05) is 32.9 Å². The van der Waals surface area contributed by atoms with E-state index in [1.54, 1.807) is 6.07 Å². The third-order valence-corrected chi connectivity index (χ3v) is 10.9. The van der Waals surface area contributed by atoms with Crippen LogP contribution in [0.3, 0.4) is 0 Å². The molecule has 0 N–H and O–H groups in total. The van der Waals surface area contributed by atoms with Gasteiger partial charge in [-0.05, 0) is 116 Å². The van der Waals surface area contributed by atoms with Crippen LogP contribution < -0.4 is 18.9 Å². The molecule has 9 nitrogen and oxygen atoms in total. The number of nitrogens with zero attached hydrogens (tertiary/aromatic N) is 2. The van der Waals surface area contributed by atoms with Crippen LogP contribution in [0.5, 0.6) is 23.0 Å². The average molecular weight is 750 g/mol. The zero-order valence-electron chi connectivity index (χ0n) is 29.4. The van der Waals surface area contributed by atoms with E-state index in [2.05, 4.69) is 23.6 Å². The predicted octanol–water partition coefficient (Wildman–Crippen LogP) is 9.01. The fourth-order valence-electron chi connectivity index (χ4n) is 8.13. The molecule has 2 fully saturated rings. The number of hydrogen-bond acceptors (Lipinski definition) is 9. The SMILES string of the molecule is C.C.CCCN1CCC[C@@H](C(=O)OC(C)(C)C)[C@H]1Cc1cc2c(cc1Cl)OCO2.CCCN1CCC[C@@H]2C(=O)c3c(c(Cl)cc4c3OCO4)C[C@H]21. The van der Waals surface area contributed by atoms with Crippen LogP contribution in [-0.2, 0) is 22.4 Å². The molecule has 2 aromatic carbocycles. The minimum atomic E-state index is -0.481. The molecular formula is C40H58Cl2N2O7. The van der Waals surface area contributed by atoms with Gasteiger partial charge >= 0.3 is 5.97 Å². The number of Topliss-reactive ketones (excluding diaryl/α,β-unsaturated/α-hetero) is 1. The molecule has 2 saturated heterocycles. The van der Waals surface area contributed by atoms with Crippen LogP contribution in [0, 0.1) is 11.8 Å². The molecule has 284 valence electrons. The van der Waals surface area contributed by atoms with Gasteiger partial charge in [0.2, 0.25) is 13.6 Å². The predicted molar refractivity (Wildman–Crippen MR) is 203 cm³/mol. The van der Waals surface area contributed by atoms with Gasteiger partial charge in [0.1, 0.15) is 5.60 Å². The highest BCUT2D eigenvalue weighted by atomic mass is 35.5. The first-order chi connectivity index (χ1) is 23.5. The van der Waals surface area contributed by atoms with Crippen LogP contribution in [0.4, 0.5) is 0 Å². The Labute approximate surface area is 315 Å². The molecule has 4 aliphatic heterocycles.